The molecule has 0 N–H and O–H groups in total. The largest absolute Gasteiger partial charge is 0.373 e. The second-order valence-corrected chi connectivity index (χ2v) is 4.06. The highest BCUT2D eigenvalue weighted by atomic mass is 79.9. The van der Waals surface area contributed by atoms with Gasteiger partial charge in [0.05, 0.1) is 0 Å². The normalized spacial score (nSPS) is 14.3. The molecule has 0 spiro atoms. The summed E-state index contributed by atoms with van der Waals surface area (Å²) in [6, 6.07) is 10.7. The van der Waals surface area contributed by atoms with Crippen molar-refractivity contribution in [1.82, 2.24) is 4.90 Å². The van der Waals surface area contributed by atoms with Crippen molar-refractivity contribution in [1.29, 1.82) is 0 Å². The molecule has 0 bridgehead atoms. The molecule has 1 aliphatic rings. The van der Waals surface area contributed by atoms with Gasteiger partial charge in [-0.3, -0.25) is 0 Å². The van der Waals surface area contributed by atoms with Crippen LogP contribution in [0.2, 0.25) is 0 Å². The van der Waals surface area contributed by atoms with E-state index >= 15 is 0 Å². The van der Waals surface area contributed by atoms with E-state index in [1.165, 1.54) is 11.1 Å². The van der Waals surface area contributed by atoms with Gasteiger partial charge in [-0.15, -0.1) is 17.0 Å². The highest BCUT2D eigenvalue weighted by Crippen LogP contribution is 2.08. The second kappa shape index (κ2) is 6.54. The first-order chi connectivity index (χ1) is 7.34. The van der Waals surface area contributed by atoms with Crippen LogP contribution in [-0.4, -0.2) is 18.0 Å². The lowest BCUT2D eigenvalue weighted by molar-refractivity contribution is 0.406. The van der Waals surface area contributed by atoms with Gasteiger partial charge in [0.1, 0.15) is 0 Å². The molecule has 0 unspecified atom stereocenters. The van der Waals surface area contributed by atoms with Gasteiger partial charge < -0.3 is 4.90 Å². The molecule has 1 aliphatic heterocycles. The fourth-order valence-electron chi connectivity index (χ4n) is 1.83. The zero-order valence-electron chi connectivity index (χ0n) is 9.60. The highest BCUT2D eigenvalue weighted by molar-refractivity contribution is 8.93. The number of halogens is 1. The molecule has 0 saturated carbocycles. The molecule has 0 saturated heterocycles. The zero-order chi connectivity index (χ0) is 10.5. The van der Waals surface area contributed by atoms with Crippen LogP contribution in [0.4, 0.5) is 0 Å². The van der Waals surface area contributed by atoms with Crippen LogP contribution in [0.3, 0.4) is 0 Å². The van der Waals surface area contributed by atoms with Crippen molar-refractivity contribution in [2.24, 2.45) is 0 Å². The Morgan fingerprint density at radius 3 is 2.62 bits per heavy atom. The molecule has 2 rings (SSSR count). The predicted octanol–water partition coefficient (Wildman–Crippen LogP) is 3.58. The molecule has 2 heteroatoms. The van der Waals surface area contributed by atoms with Crippen molar-refractivity contribution >= 4 is 17.0 Å². The molecule has 0 amide bonds. The van der Waals surface area contributed by atoms with Crippen LogP contribution in [-0.2, 0) is 6.42 Å². The van der Waals surface area contributed by atoms with Gasteiger partial charge in [-0.05, 0) is 31.2 Å². The van der Waals surface area contributed by atoms with Crippen LogP contribution in [0.1, 0.15) is 12.5 Å². The SMILES string of the molecule is Br.CC1=CC=CN(CCc2ccccc2)C1. The minimum Gasteiger partial charge on any atom is -0.373 e. The van der Waals surface area contributed by atoms with Crippen molar-refractivity contribution in [3.8, 4) is 0 Å². The monoisotopic (exact) mass is 279 g/mol. The van der Waals surface area contributed by atoms with Crippen molar-refractivity contribution in [3.63, 3.8) is 0 Å². The van der Waals surface area contributed by atoms with Crippen LogP contribution in [0.25, 0.3) is 0 Å². The predicted molar refractivity (Wildman–Crippen MR) is 74.9 cm³/mol. The fourth-order valence-corrected chi connectivity index (χ4v) is 1.83. The molecule has 16 heavy (non-hydrogen) atoms. The first kappa shape index (κ1) is 13.0. The minimum atomic E-state index is 0. The zero-order valence-corrected chi connectivity index (χ0v) is 11.3. The van der Waals surface area contributed by atoms with Crippen LogP contribution < -0.4 is 0 Å². The Labute approximate surface area is 108 Å². The summed E-state index contributed by atoms with van der Waals surface area (Å²) in [6.07, 6.45) is 7.61. The first-order valence-electron chi connectivity index (χ1n) is 5.46. The summed E-state index contributed by atoms with van der Waals surface area (Å²) in [5, 5.41) is 0. The quantitative estimate of drug-likeness (QED) is 0.818. The maximum absolute atomic E-state index is 2.36. The summed E-state index contributed by atoms with van der Waals surface area (Å²) in [5.41, 5.74) is 2.85. The Bertz CT molecular complexity index is 368. The van der Waals surface area contributed by atoms with E-state index in [1.54, 1.807) is 0 Å². The third-order valence-electron chi connectivity index (χ3n) is 2.66. The van der Waals surface area contributed by atoms with Gasteiger partial charge in [-0.1, -0.05) is 42.0 Å². The molecule has 0 aliphatic carbocycles. The van der Waals surface area contributed by atoms with Crippen LogP contribution >= 0.6 is 17.0 Å². The van der Waals surface area contributed by atoms with E-state index in [1.807, 2.05) is 0 Å². The van der Waals surface area contributed by atoms with Crippen LogP contribution in [0.5, 0.6) is 0 Å². The summed E-state index contributed by atoms with van der Waals surface area (Å²) in [6.45, 7) is 4.36. The summed E-state index contributed by atoms with van der Waals surface area (Å²) < 4.78 is 0. The van der Waals surface area contributed by atoms with E-state index in [4.69, 9.17) is 0 Å². The van der Waals surface area contributed by atoms with Gasteiger partial charge in [0, 0.05) is 13.1 Å². The van der Waals surface area contributed by atoms with Gasteiger partial charge in [-0.25, -0.2) is 0 Å². The molecule has 0 radical (unpaired) electrons. The van der Waals surface area contributed by atoms with Crippen LogP contribution in [0, 0.1) is 0 Å². The lowest BCUT2D eigenvalue weighted by Gasteiger charge is -2.23. The van der Waals surface area contributed by atoms with E-state index in [2.05, 4.69) is 60.5 Å². The minimum absolute atomic E-state index is 0. The second-order valence-electron chi connectivity index (χ2n) is 4.06. The van der Waals surface area contributed by atoms with Gasteiger partial charge in [0.25, 0.3) is 0 Å². The molecule has 1 aromatic rings. The maximum Gasteiger partial charge on any atom is 0.0383 e. The lowest BCUT2D eigenvalue weighted by atomic mass is 10.1. The van der Waals surface area contributed by atoms with E-state index < -0.39 is 0 Å². The lowest BCUT2D eigenvalue weighted by Crippen LogP contribution is -2.23. The summed E-state index contributed by atoms with van der Waals surface area (Å²) in [7, 11) is 0. The highest BCUT2D eigenvalue weighted by Gasteiger charge is 2.03. The Hall–Kier alpha value is -1.02. The Morgan fingerprint density at radius 2 is 1.94 bits per heavy atom. The van der Waals surface area contributed by atoms with Crippen molar-refractivity contribution in [2.45, 2.75) is 13.3 Å². The average Bonchev–Trinajstić information content (AvgIpc) is 2.28. The van der Waals surface area contributed by atoms with E-state index in [0.29, 0.717) is 0 Å². The topological polar surface area (TPSA) is 3.24 Å². The van der Waals surface area contributed by atoms with Crippen molar-refractivity contribution in [3.05, 3.63) is 59.8 Å². The van der Waals surface area contributed by atoms with Crippen LogP contribution in [0.15, 0.2) is 54.3 Å². The summed E-state index contributed by atoms with van der Waals surface area (Å²) in [4.78, 5) is 2.36. The third kappa shape index (κ3) is 3.86. The molecule has 0 fully saturated rings. The number of hydrogen-bond acceptors (Lipinski definition) is 1. The fraction of sp³-hybridized carbons (Fsp3) is 0.286. The number of benzene rings is 1. The summed E-state index contributed by atoms with van der Waals surface area (Å²) >= 11 is 0. The molecule has 86 valence electrons. The molecule has 1 nitrogen and oxygen atoms in total. The van der Waals surface area contributed by atoms with Gasteiger partial charge in [0.15, 0.2) is 0 Å². The number of allylic oxidation sites excluding steroid dienone is 2. The average molecular weight is 280 g/mol. The van der Waals surface area contributed by atoms with Crippen molar-refractivity contribution < 1.29 is 0 Å². The third-order valence-corrected chi connectivity index (χ3v) is 2.66. The molecular formula is C14H18BrN. The van der Waals surface area contributed by atoms with Gasteiger partial charge >= 0.3 is 0 Å². The standard InChI is InChI=1S/C14H17N.BrH/c1-13-6-5-10-15(12-13)11-9-14-7-3-2-4-8-14;/h2-8,10H,9,11-12H2,1H3;1H. The van der Waals surface area contributed by atoms with Crippen molar-refractivity contribution in [2.75, 3.05) is 13.1 Å². The van der Waals surface area contributed by atoms with E-state index in [-0.39, 0.29) is 17.0 Å². The Balaban J connectivity index is 0.00000128. The van der Waals surface area contributed by atoms with Gasteiger partial charge in [0.2, 0.25) is 0 Å². The molecular weight excluding hydrogens is 262 g/mol. The molecule has 1 heterocycles. The first-order valence-corrected chi connectivity index (χ1v) is 5.46. The Morgan fingerprint density at radius 1 is 1.19 bits per heavy atom. The molecule has 0 aromatic heterocycles. The van der Waals surface area contributed by atoms with E-state index in [0.717, 1.165) is 19.5 Å². The van der Waals surface area contributed by atoms with E-state index in [9.17, 15) is 0 Å². The molecule has 1 aromatic carbocycles. The molecule has 0 atom stereocenters. The summed E-state index contributed by atoms with van der Waals surface area (Å²) in [5.74, 6) is 0. The number of rotatable bonds is 3. The number of nitrogens with zero attached hydrogens (tertiary/aromatic N) is 1. The smallest absolute Gasteiger partial charge is 0.0383 e. The Kier molecular flexibility index (Phi) is 5.33. The van der Waals surface area contributed by atoms with Gasteiger partial charge in [-0.2, -0.15) is 0 Å². The maximum atomic E-state index is 2.36. The number of hydrogen-bond donors (Lipinski definition) is 0.